The van der Waals surface area contributed by atoms with Gasteiger partial charge in [-0.25, -0.2) is 5.43 Å². The molecular formula is C25H21N5OS. The highest BCUT2D eigenvalue weighted by Gasteiger charge is 2.16. The first kappa shape index (κ1) is 21.3. The molecule has 6 nitrogen and oxygen atoms in total. The highest BCUT2D eigenvalue weighted by atomic mass is 32.2. The summed E-state index contributed by atoms with van der Waals surface area (Å²) in [7, 11) is 0. The minimum atomic E-state index is -0.219. The molecule has 0 saturated carbocycles. The average Bonchev–Trinajstić information content (AvgIpc) is 3.28. The summed E-state index contributed by atoms with van der Waals surface area (Å²) in [6, 6.07) is 29.6. The zero-order valence-corrected chi connectivity index (χ0v) is 18.0. The largest absolute Gasteiger partial charge is 0.272 e. The fourth-order valence-corrected chi connectivity index (χ4v) is 3.72. The van der Waals surface area contributed by atoms with Crippen molar-refractivity contribution in [2.45, 2.75) is 5.16 Å². The van der Waals surface area contributed by atoms with Crippen molar-refractivity contribution < 1.29 is 4.79 Å². The molecule has 0 spiro atoms. The van der Waals surface area contributed by atoms with Gasteiger partial charge in [0.05, 0.1) is 5.75 Å². The van der Waals surface area contributed by atoms with E-state index in [1.165, 1.54) is 11.8 Å². The lowest BCUT2D eigenvalue weighted by Crippen LogP contribution is -2.19. The standard InChI is InChI=1S/C25H21N5OS/c31-23(27-26-18-10-13-20-11-4-1-5-12-20)19-32-25-29-28-24(21-14-6-2-7-15-21)30(25)22-16-8-3-9-17-22/h1-18H,19H2,(H,27,31). The molecule has 3 aromatic carbocycles. The van der Waals surface area contributed by atoms with Gasteiger partial charge in [0.1, 0.15) is 0 Å². The SMILES string of the molecule is O=C(CSc1nnc(-c2ccccc2)n1-c1ccccc1)NN=CC=Cc1ccccc1. The second kappa shape index (κ2) is 10.9. The quantitative estimate of drug-likeness (QED) is 0.242. The number of hydrogen-bond acceptors (Lipinski definition) is 5. The van der Waals surface area contributed by atoms with E-state index in [9.17, 15) is 4.79 Å². The summed E-state index contributed by atoms with van der Waals surface area (Å²) in [5.41, 5.74) is 5.49. The molecule has 0 saturated heterocycles. The van der Waals surface area contributed by atoms with Crippen LogP contribution in [0.4, 0.5) is 0 Å². The maximum atomic E-state index is 12.2. The first-order valence-electron chi connectivity index (χ1n) is 10.0. The fourth-order valence-electron chi connectivity index (χ4n) is 2.98. The third-order valence-electron chi connectivity index (χ3n) is 4.45. The molecule has 0 aliphatic rings. The molecule has 1 heterocycles. The molecule has 158 valence electrons. The van der Waals surface area contributed by atoms with E-state index in [0.717, 1.165) is 22.6 Å². The molecule has 0 aliphatic heterocycles. The predicted molar refractivity (Wildman–Crippen MR) is 130 cm³/mol. The van der Waals surface area contributed by atoms with Gasteiger partial charge in [0.2, 0.25) is 0 Å². The summed E-state index contributed by atoms with van der Waals surface area (Å²) < 4.78 is 1.96. The number of hydrogen-bond donors (Lipinski definition) is 1. The molecule has 32 heavy (non-hydrogen) atoms. The Labute approximate surface area is 190 Å². The van der Waals surface area contributed by atoms with E-state index >= 15 is 0 Å². The van der Waals surface area contributed by atoms with Gasteiger partial charge in [-0.1, -0.05) is 96.7 Å². The van der Waals surface area contributed by atoms with Gasteiger partial charge < -0.3 is 0 Å². The Bertz CT molecular complexity index is 1210. The van der Waals surface area contributed by atoms with Crippen molar-refractivity contribution in [1.29, 1.82) is 0 Å². The highest BCUT2D eigenvalue weighted by molar-refractivity contribution is 7.99. The number of amides is 1. The van der Waals surface area contributed by atoms with Crippen LogP contribution in [0.3, 0.4) is 0 Å². The Morgan fingerprint density at radius 3 is 2.28 bits per heavy atom. The van der Waals surface area contributed by atoms with Crippen LogP contribution in [0.2, 0.25) is 0 Å². The second-order valence-electron chi connectivity index (χ2n) is 6.71. The number of benzene rings is 3. The van der Waals surface area contributed by atoms with E-state index in [1.807, 2.05) is 102 Å². The molecule has 1 N–H and O–H groups in total. The summed E-state index contributed by atoms with van der Waals surface area (Å²) in [6.45, 7) is 0. The first-order valence-corrected chi connectivity index (χ1v) is 11.0. The van der Waals surface area contributed by atoms with Crippen LogP contribution in [0.15, 0.2) is 107 Å². The molecular weight excluding hydrogens is 418 g/mol. The second-order valence-corrected chi connectivity index (χ2v) is 7.66. The normalized spacial score (nSPS) is 11.2. The number of allylic oxidation sites excluding steroid dienone is 1. The lowest BCUT2D eigenvalue weighted by atomic mass is 10.2. The lowest BCUT2D eigenvalue weighted by molar-refractivity contribution is -0.118. The minimum Gasteiger partial charge on any atom is -0.272 e. The summed E-state index contributed by atoms with van der Waals surface area (Å²) >= 11 is 1.31. The van der Waals surface area contributed by atoms with Crippen LogP contribution in [-0.2, 0) is 4.79 Å². The van der Waals surface area contributed by atoms with Crippen molar-refractivity contribution in [1.82, 2.24) is 20.2 Å². The van der Waals surface area contributed by atoms with Crippen LogP contribution < -0.4 is 5.43 Å². The zero-order chi connectivity index (χ0) is 22.0. The number of carbonyl (C=O) groups excluding carboxylic acids is 1. The first-order chi connectivity index (χ1) is 15.8. The van der Waals surface area contributed by atoms with E-state index in [2.05, 4.69) is 20.7 Å². The van der Waals surface area contributed by atoms with Gasteiger partial charge in [0.25, 0.3) is 5.91 Å². The molecule has 0 fully saturated rings. The minimum absolute atomic E-state index is 0.166. The average molecular weight is 440 g/mol. The molecule has 4 rings (SSSR count). The third-order valence-corrected chi connectivity index (χ3v) is 5.38. The van der Waals surface area contributed by atoms with Crippen molar-refractivity contribution in [2.75, 3.05) is 5.75 Å². The molecule has 0 atom stereocenters. The van der Waals surface area contributed by atoms with E-state index in [0.29, 0.717) is 5.16 Å². The topological polar surface area (TPSA) is 72.2 Å². The van der Waals surface area contributed by atoms with Crippen molar-refractivity contribution in [2.24, 2.45) is 5.10 Å². The zero-order valence-electron chi connectivity index (χ0n) is 17.2. The maximum Gasteiger partial charge on any atom is 0.250 e. The number of nitrogens with zero attached hydrogens (tertiary/aromatic N) is 4. The Hall–Kier alpha value is -3.97. The van der Waals surface area contributed by atoms with Gasteiger partial charge in [-0.15, -0.1) is 10.2 Å². The maximum absolute atomic E-state index is 12.2. The molecule has 0 bridgehead atoms. The third kappa shape index (κ3) is 5.59. The Morgan fingerprint density at radius 1 is 0.906 bits per heavy atom. The summed E-state index contributed by atoms with van der Waals surface area (Å²) in [5.74, 6) is 0.673. The van der Waals surface area contributed by atoms with Gasteiger partial charge in [-0.05, 0) is 23.8 Å². The van der Waals surface area contributed by atoms with Crippen LogP contribution in [0, 0.1) is 0 Å². The molecule has 7 heteroatoms. The van der Waals surface area contributed by atoms with Crippen molar-refractivity contribution in [3.8, 4) is 17.1 Å². The summed E-state index contributed by atoms with van der Waals surface area (Å²) in [4.78, 5) is 12.2. The summed E-state index contributed by atoms with van der Waals surface area (Å²) in [5, 5.41) is 13.3. The van der Waals surface area contributed by atoms with Crippen LogP contribution in [-0.4, -0.2) is 32.6 Å². The van der Waals surface area contributed by atoms with Crippen molar-refractivity contribution >= 4 is 30.0 Å². The molecule has 1 aromatic heterocycles. The van der Waals surface area contributed by atoms with Gasteiger partial charge in [-0.3, -0.25) is 9.36 Å². The van der Waals surface area contributed by atoms with Gasteiger partial charge in [0.15, 0.2) is 11.0 Å². The number of para-hydroxylation sites is 1. The van der Waals surface area contributed by atoms with Gasteiger partial charge in [-0.2, -0.15) is 5.10 Å². The van der Waals surface area contributed by atoms with E-state index < -0.39 is 0 Å². The Morgan fingerprint density at radius 2 is 1.56 bits per heavy atom. The van der Waals surface area contributed by atoms with Gasteiger partial charge in [0, 0.05) is 17.5 Å². The number of aromatic nitrogens is 3. The lowest BCUT2D eigenvalue weighted by Gasteiger charge is -2.10. The number of carbonyl (C=O) groups is 1. The monoisotopic (exact) mass is 439 g/mol. The van der Waals surface area contributed by atoms with Crippen LogP contribution in [0.1, 0.15) is 5.56 Å². The number of thioether (sulfide) groups is 1. The molecule has 0 radical (unpaired) electrons. The van der Waals surface area contributed by atoms with Crippen molar-refractivity contribution in [3.63, 3.8) is 0 Å². The summed E-state index contributed by atoms with van der Waals surface area (Å²) in [6.07, 6.45) is 5.24. The van der Waals surface area contributed by atoms with Crippen LogP contribution >= 0.6 is 11.8 Å². The molecule has 4 aromatic rings. The van der Waals surface area contributed by atoms with Crippen molar-refractivity contribution in [3.05, 3.63) is 103 Å². The highest BCUT2D eigenvalue weighted by Crippen LogP contribution is 2.27. The fraction of sp³-hybridized carbons (Fsp3) is 0.0400. The number of hydrazone groups is 1. The predicted octanol–water partition coefficient (Wildman–Crippen LogP) is 4.84. The number of nitrogens with one attached hydrogen (secondary N) is 1. The van der Waals surface area contributed by atoms with E-state index in [-0.39, 0.29) is 11.7 Å². The van der Waals surface area contributed by atoms with Gasteiger partial charge >= 0.3 is 0 Å². The van der Waals surface area contributed by atoms with E-state index in [4.69, 9.17) is 0 Å². The molecule has 1 amide bonds. The molecule has 0 unspecified atom stereocenters. The Balaban J connectivity index is 1.42. The smallest absolute Gasteiger partial charge is 0.250 e. The van der Waals surface area contributed by atoms with Crippen LogP contribution in [0.5, 0.6) is 0 Å². The van der Waals surface area contributed by atoms with Crippen LogP contribution in [0.25, 0.3) is 23.2 Å². The Kier molecular flexibility index (Phi) is 7.23. The number of rotatable bonds is 8. The molecule has 0 aliphatic carbocycles. The van der Waals surface area contributed by atoms with E-state index in [1.54, 1.807) is 12.3 Å².